The third kappa shape index (κ3) is 6.64. The predicted octanol–water partition coefficient (Wildman–Crippen LogP) is 6.28. The van der Waals surface area contributed by atoms with Gasteiger partial charge in [0.25, 0.3) is 0 Å². The number of rotatable bonds is 13. The van der Waals surface area contributed by atoms with Crippen LogP contribution in [0.15, 0.2) is 0 Å². The zero-order valence-electron chi connectivity index (χ0n) is 25.8. The fourth-order valence-electron chi connectivity index (χ4n) is 10.3. The van der Waals surface area contributed by atoms with Crippen LogP contribution in [-0.4, -0.2) is 60.9 Å². The number of aliphatic hydroxyl groups excluding tert-OH is 2. The molecule has 0 aliphatic heterocycles. The molecular weight excluding hydrogens is 472 g/mol. The predicted molar refractivity (Wildman–Crippen MR) is 157 cm³/mol. The lowest BCUT2D eigenvalue weighted by Gasteiger charge is -2.61. The summed E-state index contributed by atoms with van der Waals surface area (Å²) in [4.78, 5) is 2.06. The molecule has 0 aromatic carbocycles. The maximum Gasteiger partial charge on any atom is 0.213 e. The largest absolute Gasteiger partial charge is 0.395 e. The normalized spacial score (nSPS) is 40.6. The van der Waals surface area contributed by atoms with Gasteiger partial charge in [0.15, 0.2) is 0 Å². The lowest BCUT2D eigenvalue weighted by Crippen LogP contribution is -2.54. The first-order valence-electron chi connectivity index (χ1n) is 16.4. The van der Waals surface area contributed by atoms with Crippen molar-refractivity contribution in [2.45, 2.75) is 124 Å². The highest BCUT2D eigenvalue weighted by molar-refractivity contribution is 5.09. The zero-order chi connectivity index (χ0) is 27.5. The summed E-state index contributed by atoms with van der Waals surface area (Å²) in [5.74, 6) is 6.17. The van der Waals surface area contributed by atoms with Gasteiger partial charge >= 0.3 is 0 Å². The van der Waals surface area contributed by atoms with Crippen molar-refractivity contribution in [3.8, 4) is 0 Å². The molecule has 38 heavy (non-hydrogen) atoms. The quantitative estimate of drug-likeness (QED) is 0.243. The SMILES string of the molecule is CC(C)CCC[C@@H](C)[C@H]1CC[C@H]2C3CCC4C[C@@H](OC(O)NCCN(C)CCO)CC[C@]4(C)[C@H]3CC[C@]12C. The van der Waals surface area contributed by atoms with Gasteiger partial charge in [0.1, 0.15) is 0 Å². The highest BCUT2D eigenvalue weighted by Crippen LogP contribution is 2.68. The van der Waals surface area contributed by atoms with Gasteiger partial charge < -0.3 is 19.8 Å². The Kier molecular flexibility index (Phi) is 10.7. The Morgan fingerprint density at radius 2 is 1.66 bits per heavy atom. The maximum atomic E-state index is 10.5. The summed E-state index contributed by atoms with van der Waals surface area (Å²) >= 11 is 0. The van der Waals surface area contributed by atoms with Crippen molar-refractivity contribution in [2.24, 2.45) is 52.3 Å². The lowest BCUT2D eigenvalue weighted by atomic mass is 9.44. The Morgan fingerprint density at radius 1 is 0.921 bits per heavy atom. The molecule has 0 spiro atoms. The molecule has 4 rings (SSSR count). The Hall–Kier alpha value is -0.200. The number of hydrogen-bond acceptors (Lipinski definition) is 5. The van der Waals surface area contributed by atoms with Crippen molar-refractivity contribution in [3.05, 3.63) is 0 Å². The van der Waals surface area contributed by atoms with Crippen molar-refractivity contribution < 1.29 is 14.9 Å². The van der Waals surface area contributed by atoms with E-state index in [0.717, 1.165) is 60.8 Å². The Labute approximate surface area is 234 Å². The number of likely N-dealkylation sites (N-methyl/N-ethyl adjacent to an activating group) is 1. The van der Waals surface area contributed by atoms with Gasteiger partial charge in [0.2, 0.25) is 6.41 Å². The van der Waals surface area contributed by atoms with Crippen molar-refractivity contribution >= 4 is 0 Å². The van der Waals surface area contributed by atoms with Crippen LogP contribution >= 0.6 is 0 Å². The van der Waals surface area contributed by atoms with Crippen LogP contribution in [-0.2, 0) is 4.74 Å². The first-order valence-corrected chi connectivity index (χ1v) is 16.4. The highest BCUT2D eigenvalue weighted by Gasteiger charge is 2.60. The zero-order valence-corrected chi connectivity index (χ0v) is 25.8. The second-order valence-corrected chi connectivity index (χ2v) is 15.1. The van der Waals surface area contributed by atoms with Gasteiger partial charge in [0.05, 0.1) is 12.7 Å². The molecule has 0 aromatic heterocycles. The molecule has 222 valence electrons. The molecule has 3 unspecified atom stereocenters. The summed E-state index contributed by atoms with van der Waals surface area (Å²) in [6.07, 6.45) is 15.6. The summed E-state index contributed by atoms with van der Waals surface area (Å²) in [6, 6.07) is 0. The van der Waals surface area contributed by atoms with Gasteiger partial charge in [-0.05, 0) is 117 Å². The van der Waals surface area contributed by atoms with E-state index in [1.54, 1.807) is 0 Å². The maximum absolute atomic E-state index is 10.5. The summed E-state index contributed by atoms with van der Waals surface area (Å²) in [5, 5.41) is 22.6. The van der Waals surface area contributed by atoms with E-state index >= 15 is 0 Å². The molecule has 0 bridgehead atoms. The molecule has 0 saturated heterocycles. The molecule has 3 N–H and O–H groups in total. The molecule has 4 aliphatic rings. The van der Waals surface area contributed by atoms with E-state index in [4.69, 9.17) is 9.84 Å². The summed E-state index contributed by atoms with van der Waals surface area (Å²) in [6.45, 7) is 14.9. The fourth-order valence-corrected chi connectivity index (χ4v) is 10.3. The fraction of sp³-hybridized carbons (Fsp3) is 1.00. The van der Waals surface area contributed by atoms with E-state index in [1.165, 1.54) is 64.2 Å². The molecule has 0 amide bonds. The first kappa shape index (κ1) is 30.8. The number of nitrogens with one attached hydrogen (secondary N) is 1. The van der Waals surface area contributed by atoms with Crippen LogP contribution in [0.2, 0.25) is 0 Å². The van der Waals surface area contributed by atoms with Gasteiger partial charge in [0, 0.05) is 19.6 Å². The van der Waals surface area contributed by atoms with Gasteiger partial charge in [-0.2, -0.15) is 0 Å². The van der Waals surface area contributed by atoms with Gasteiger partial charge in [-0.15, -0.1) is 0 Å². The number of nitrogens with zero attached hydrogens (tertiary/aromatic N) is 1. The first-order chi connectivity index (χ1) is 18.1. The topological polar surface area (TPSA) is 65.0 Å². The second kappa shape index (κ2) is 13.2. The van der Waals surface area contributed by atoms with Crippen LogP contribution < -0.4 is 5.32 Å². The average molecular weight is 535 g/mol. The number of hydrogen-bond donors (Lipinski definition) is 3. The van der Waals surface area contributed by atoms with E-state index in [-0.39, 0.29) is 12.7 Å². The van der Waals surface area contributed by atoms with Crippen LogP contribution in [0, 0.1) is 52.3 Å². The molecule has 4 fully saturated rings. The molecular formula is C33H62N2O3. The highest BCUT2D eigenvalue weighted by atomic mass is 16.6. The van der Waals surface area contributed by atoms with Crippen LogP contribution in [0.4, 0.5) is 0 Å². The number of aliphatic hydroxyl groups is 2. The monoisotopic (exact) mass is 534 g/mol. The Morgan fingerprint density at radius 3 is 2.39 bits per heavy atom. The molecule has 0 radical (unpaired) electrons. The lowest BCUT2D eigenvalue weighted by molar-refractivity contribution is -0.191. The van der Waals surface area contributed by atoms with Crippen molar-refractivity contribution in [1.29, 1.82) is 0 Å². The molecule has 5 nitrogen and oxygen atoms in total. The van der Waals surface area contributed by atoms with E-state index in [0.29, 0.717) is 23.9 Å². The molecule has 0 aromatic rings. The van der Waals surface area contributed by atoms with Crippen LogP contribution in [0.3, 0.4) is 0 Å². The van der Waals surface area contributed by atoms with Crippen LogP contribution in [0.5, 0.6) is 0 Å². The van der Waals surface area contributed by atoms with Crippen LogP contribution in [0.25, 0.3) is 0 Å². The minimum absolute atomic E-state index is 0.164. The minimum Gasteiger partial charge on any atom is -0.395 e. The van der Waals surface area contributed by atoms with Crippen molar-refractivity contribution in [3.63, 3.8) is 0 Å². The van der Waals surface area contributed by atoms with Gasteiger partial charge in [-0.25, -0.2) is 0 Å². The van der Waals surface area contributed by atoms with E-state index < -0.39 is 6.41 Å². The third-order valence-corrected chi connectivity index (χ3v) is 12.4. The van der Waals surface area contributed by atoms with Crippen molar-refractivity contribution in [1.82, 2.24) is 10.2 Å². The number of fused-ring (bicyclic) bond motifs is 5. The van der Waals surface area contributed by atoms with E-state index in [9.17, 15) is 5.11 Å². The van der Waals surface area contributed by atoms with E-state index in [1.807, 2.05) is 7.05 Å². The summed E-state index contributed by atoms with van der Waals surface area (Å²) in [7, 11) is 1.98. The van der Waals surface area contributed by atoms with E-state index in [2.05, 4.69) is 44.8 Å². The average Bonchev–Trinajstić information content (AvgIpc) is 3.21. The standard InChI is InChI=1S/C33H62N2O3/c1-23(2)8-7-9-24(3)28-12-13-29-27-11-10-25-22-26(38-31(37)34-18-19-35(6)20-21-36)14-16-32(25,4)30(27)15-17-33(28,29)5/h23-31,34,36-37H,7-22H2,1-6H3/t24-,25?,26+,27?,28-,29+,30+,31?,32+,33-/m1/s1. The Balaban J connectivity index is 1.30. The molecule has 10 atom stereocenters. The van der Waals surface area contributed by atoms with Crippen LogP contribution in [0.1, 0.15) is 112 Å². The molecule has 4 aliphatic carbocycles. The smallest absolute Gasteiger partial charge is 0.213 e. The summed E-state index contributed by atoms with van der Waals surface area (Å²) in [5.41, 5.74) is 1.03. The summed E-state index contributed by atoms with van der Waals surface area (Å²) < 4.78 is 6.11. The Bertz CT molecular complexity index is 733. The molecule has 0 heterocycles. The molecule has 5 heteroatoms. The number of ether oxygens (including phenoxy) is 1. The minimum atomic E-state index is -0.892. The third-order valence-electron chi connectivity index (χ3n) is 12.4. The molecule has 4 saturated carbocycles. The second-order valence-electron chi connectivity index (χ2n) is 15.1. The van der Waals surface area contributed by atoms with Gasteiger partial charge in [-0.1, -0.05) is 53.9 Å². The van der Waals surface area contributed by atoms with Crippen molar-refractivity contribution in [2.75, 3.05) is 33.3 Å². The van der Waals surface area contributed by atoms with Gasteiger partial charge in [-0.3, -0.25) is 5.32 Å².